The molecule has 1 saturated heterocycles. The molecule has 3 amide bonds. The highest BCUT2D eigenvalue weighted by Crippen LogP contribution is 2.28. The zero-order valence-electron chi connectivity index (χ0n) is 16.8. The van der Waals surface area contributed by atoms with Gasteiger partial charge in [0.05, 0.1) is 6.61 Å². The fourth-order valence-electron chi connectivity index (χ4n) is 3.50. The standard InChI is InChI=1S/C21H20FN5O4/c1-2-31-17-9-7-16(8-10-17)25-11-12-26-19(29)20(30)27(24-21(25)26)13-18(28)23-15-5-3-14(22)4-6-15/h3-10,21H,2,11-13H2,1H3/p+1. The quantitative estimate of drug-likeness (QED) is 0.562. The summed E-state index contributed by atoms with van der Waals surface area (Å²) in [4.78, 5) is 40.6. The summed E-state index contributed by atoms with van der Waals surface area (Å²) in [5.74, 6) is -1.81. The number of rotatable bonds is 6. The lowest BCUT2D eigenvalue weighted by molar-refractivity contribution is -0.509. The SMILES string of the molecule is CCOc1ccc(N2CCN3C(=O)C(=O)[N+](CC(=O)Nc4ccc(F)cc4)=NC32)cc1. The molecule has 160 valence electrons. The maximum absolute atomic E-state index is 13.0. The Kier molecular flexibility index (Phi) is 5.61. The van der Waals surface area contributed by atoms with Crippen LogP contribution in [0.25, 0.3) is 0 Å². The van der Waals surface area contributed by atoms with Crippen LogP contribution in [-0.2, 0) is 14.4 Å². The van der Waals surface area contributed by atoms with Gasteiger partial charge in [0, 0.05) is 29.6 Å². The third-order valence-corrected chi connectivity index (χ3v) is 4.96. The largest absolute Gasteiger partial charge is 0.502 e. The summed E-state index contributed by atoms with van der Waals surface area (Å²) in [7, 11) is 0. The average Bonchev–Trinajstić information content (AvgIpc) is 3.18. The lowest BCUT2D eigenvalue weighted by Crippen LogP contribution is -2.52. The zero-order valence-corrected chi connectivity index (χ0v) is 16.8. The van der Waals surface area contributed by atoms with Crippen LogP contribution < -0.4 is 15.0 Å². The molecule has 1 fully saturated rings. The van der Waals surface area contributed by atoms with Crippen molar-refractivity contribution < 1.29 is 28.2 Å². The number of fused-ring (bicyclic) bond motifs is 1. The van der Waals surface area contributed by atoms with Gasteiger partial charge in [-0.3, -0.25) is 14.5 Å². The predicted octanol–water partition coefficient (Wildman–Crippen LogP) is 1.80. The van der Waals surface area contributed by atoms with Crippen LogP contribution in [0.5, 0.6) is 5.75 Å². The van der Waals surface area contributed by atoms with Crippen molar-refractivity contribution in [2.24, 2.45) is 5.11 Å². The van der Waals surface area contributed by atoms with E-state index < -0.39 is 36.4 Å². The Balaban J connectivity index is 1.52. The smallest absolute Gasteiger partial charge is 0.494 e. The summed E-state index contributed by atoms with van der Waals surface area (Å²) in [6.45, 7) is 2.87. The first-order valence-corrected chi connectivity index (χ1v) is 9.84. The summed E-state index contributed by atoms with van der Waals surface area (Å²) < 4.78 is 19.4. The van der Waals surface area contributed by atoms with Crippen molar-refractivity contribution in [2.75, 3.05) is 36.5 Å². The predicted molar refractivity (Wildman–Crippen MR) is 108 cm³/mol. The van der Waals surface area contributed by atoms with Crippen molar-refractivity contribution in [2.45, 2.75) is 13.2 Å². The Labute approximate surface area is 177 Å². The minimum absolute atomic E-state index is 0.349. The fourth-order valence-corrected chi connectivity index (χ4v) is 3.50. The number of hydrogen-bond donors (Lipinski definition) is 1. The lowest BCUT2D eigenvalue weighted by Gasteiger charge is -2.27. The molecule has 1 unspecified atom stereocenters. The number of ether oxygens (including phenoxy) is 1. The Hall–Kier alpha value is -3.82. The molecule has 2 aromatic carbocycles. The van der Waals surface area contributed by atoms with Crippen LogP contribution in [0.2, 0.25) is 0 Å². The maximum Gasteiger partial charge on any atom is 0.502 e. The number of benzene rings is 2. The number of anilines is 2. The summed E-state index contributed by atoms with van der Waals surface area (Å²) in [6, 6.07) is 12.6. The number of azo groups is 2. The molecular formula is C21H21FN5O4+. The highest BCUT2D eigenvalue weighted by molar-refractivity contribution is 6.32. The van der Waals surface area contributed by atoms with E-state index in [1.807, 2.05) is 36.1 Å². The van der Waals surface area contributed by atoms with Gasteiger partial charge in [0.25, 0.3) is 18.7 Å². The van der Waals surface area contributed by atoms with Gasteiger partial charge in [0.15, 0.2) is 0 Å². The molecule has 9 nitrogen and oxygen atoms in total. The van der Waals surface area contributed by atoms with Gasteiger partial charge in [-0.05, 0) is 60.2 Å². The van der Waals surface area contributed by atoms with E-state index in [1.165, 1.54) is 29.2 Å². The summed E-state index contributed by atoms with van der Waals surface area (Å²) in [5, 5.41) is 6.91. The molecule has 0 bridgehead atoms. The molecule has 0 aliphatic carbocycles. The molecule has 2 aliphatic rings. The number of hydrogen-bond acceptors (Lipinski definition) is 6. The number of carbonyl (C=O) groups is 3. The summed E-state index contributed by atoms with van der Waals surface area (Å²) in [6.07, 6.45) is -0.721. The second-order valence-corrected chi connectivity index (χ2v) is 7.00. The summed E-state index contributed by atoms with van der Waals surface area (Å²) in [5.41, 5.74) is 1.19. The van der Waals surface area contributed by atoms with Crippen molar-refractivity contribution in [1.29, 1.82) is 0 Å². The Morgan fingerprint density at radius 2 is 1.81 bits per heavy atom. The van der Waals surface area contributed by atoms with E-state index in [9.17, 15) is 18.8 Å². The average molecular weight is 426 g/mol. The lowest BCUT2D eigenvalue weighted by atomic mass is 10.3. The molecule has 31 heavy (non-hydrogen) atoms. The van der Waals surface area contributed by atoms with Gasteiger partial charge in [-0.15, -0.1) is 0 Å². The first-order valence-electron chi connectivity index (χ1n) is 9.84. The van der Waals surface area contributed by atoms with Crippen LogP contribution in [0.3, 0.4) is 0 Å². The van der Waals surface area contributed by atoms with Crippen LogP contribution in [-0.4, -0.2) is 59.8 Å². The van der Waals surface area contributed by atoms with Crippen molar-refractivity contribution >= 4 is 29.1 Å². The van der Waals surface area contributed by atoms with Crippen LogP contribution in [0.4, 0.5) is 15.8 Å². The van der Waals surface area contributed by atoms with E-state index >= 15 is 0 Å². The topological polar surface area (TPSA) is 94.3 Å². The Morgan fingerprint density at radius 1 is 1.13 bits per heavy atom. The highest BCUT2D eigenvalue weighted by Gasteiger charge is 2.49. The molecule has 4 rings (SSSR count). The molecule has 0 radical (unpaired) electrons. The van der Waals surface area contributed by atoms with Gasteiger partial charge >= 0.3 is 11.8 Å². The second-order valence-electron chi connectivity index (χ2n) is 7.00. The summed E-state index contributed by atoms with van der Waals surface area (Å²) >= 11 is 0. The monoisotopic (exact) mass is 426 g/mol. The van der Waals surface area contributed by atoms with Crippen LogP contribution >= 0.6 is 0 Å². The van der Waals surface area contributed by atoms with E-state index in [4.69, 9.17) is 4.74 Å². The molecular weight excluding hydrogens is 405 g/mol. The van der Waals surface area contributed by atoms with Crippen LogP contribution in [0.1, 0.15) is 6.92 Å². The second kappa shape index (κ2) is 8.50. The van der Waals surface area contributed by atoms with Crippen LogP contribution in [0, 0.1) is 5.82 Å². The van der Waals surface area contributed by atoms with Crippen molar-refractivity contribution in [3.63, 3.8) is 0 Å². The minimum Gasteiger partial charge on any atom is -0.494 e. The van der Waals surface area contributed by atoms with Crippen molar-refractivity contribution in [1.82, 2.24) is 4.90 Å². The van der Waals surface area contributed by atoms with E-state index in [2.05, 4.69) is 10.4 Å². The van der Waals surface area contributed by atoms with Gasteiger partial charge in [-0.2, -0.15) is 0 Å². The third kappa shape index (κ3) is 4.23. The minimum atomic E-state index is -0.862. The number of nitrogens with zero attached hydrogens (tertiary/aromatic N) is 4. The first-order chi connectivity index (χ1) is 15.0. The van der Waals surface area contributed by atoms with E-state index in [1.54, 1.807) is 0 Å². The van der Waals surface area contributed by atoms with Gasteiger partial charge in [-0.25, -0.2) is 9.18 Å². The van der Waals surface area contributed by atoms with Crippen molar-refractivity contribution in [3.8, 4) is 5.75 Å². The number of carbonyl (C=O) groups excluding carboxylic acids is 3. The van der Waals surface area contributed by atoms with Gasteiger partial charge in [0.2, 0.25) is 0 Å². The number of nitrogens with one attached hydrogen (secondary N) is 1. The molecule has 2 aromatic rings. The van der Waals surface area contributed by atoms with Crippen molar-refractivity contribution in [3.05, 3.63) is 54.3 Å². The molecule has 0 spiro atoms. The first kappa shape index (κ1) is 20.5. The molecule has 10 heteroatoms. The molecule has 0 aromatic heterocycles. The van der Waals surface area contributed by atoms with E-state index in [0.29, 0.717) is 25.4 Å². The Morgan fingerprint density at radius 3 is 2.48 bits per heavy atom. The number of amides is 3. The normalized spacial score (nSPS) is 18.0. The maximum atomic E-state index is 13.0. The van der Waals surface area contributed by atoms with Crippen LogP contribution in [0.15, 0.2) is 53.6 Å². The Bertz CT molecular complexity index is 1040. The van der Waals surface area contributed by atoms with E-state index in [-0.39, 0.29) is 0 Å². The van der Waals surface area contributed by atoms with Gasteiger partial charge in [0.1, 0.15) is 11.6 Å². The van der Waals surface area contributed by atoms with Gasteiger partial charge in [-0.1, -0.05) is 0 Å². The van der Waals surface area contributed by atoms with E-state index in [0.717, 1.165) is 16.1 Å². The molecule has 0 saturated carbocycles. The highest BCUT2D eigenvalue weighted by atomic mass is 19.1. The molecule has 2 aliphatic heterocycles. The molecule has 2 heterocycles. The zero-order chi connectivity index (χ0) is 22.0. The van der Waals surface area contributed by atoms with Gasteiger partial charge < -0.3 is 15.0 Å². The number of halogens is 1. The molecule has 1 N–H and O–H groups in total. The third-order valence-electron chi connectivity index (χ3n) is 4.96. The molecule has 1 atom stereocenters. The fraction of sp³-hybridized carbons (Fsp3) is 0.286.